The SMILES string of the molecule is CC(C(=O)O)c1cn(Cc2ccc(F)cc2)c2ccc(C(=O)CC(=O)C(=O)O)cc2c1=O. The standard InChI is InChI=1S/C23H18FNO7/c1-12(22(29)30)17-11-25(10-13-2-5-15(24)6-3-13)18-7-4-14(8-16(18)21(17)28)19(26)9-20(27)23(31)32/h2-8,11-12H,9-10H2,1H3,(H,29,30)(H,31,32). The molecule has 2 aromatic carbocycles. The molecular weight excluding hydrogens is 421 g/mol. The number of hydrogen-bond donors (Lipinski definition) is 2. The Labute approximate surface area is 180 Å². The van der Waals surface area contributed by atoms with Gasteiger partial charge in [0.25, 0.3) is 0 Å². The van der Waals surface area contributed by atoms with E-state index in [0.29, 0.717) is 11.1 Å². The molecule has 0 bridgehead atoms. The van der Waals surface area contributed by atoms with Crippen molar-refractivity contribution in [2.45, 2.75) is 25.8 Å². The molecule has 3 aromatic rings. The third-order valence-corrected chi connectivity index (χ3v) is 5.09. The van der Waals surface area contributed by atoms with Gasteiger partial charge in [0.1, 0.15) is 5.82 Å². The highest BCUT2D eigenvalue weighted by Crippen LogP contribution is 2.21. The number of carbonyl (C=O) groups is 4. The maximum Gasteiger partial charge on any atom is 0.372 e. The number of fused-ring (bicyclic) bond motifs is 1. The average Bonchev–Trinajstić information content (AvgIpc) is 2.76. The second-order valence-electron chi connectivity index (χ2n) is 7.29. The summed E-state index contributed by atoms with van der Waals surface area (Å²) in [6.45, 7) is 1.55. The van der Waals surface area contributed by atoms with Crippen molar-refractivity contribution < 1.29 is 33.8 Å². The van der Waals surface area contributed by atoms with Crippen LogP contribution >= 0.6 is 0 Å². The second kappa shape index (κ2) is 8.93. The summed E-state index contributed by atoms with van der Waals surface area (Å²) in [5, 5.41) is 18.2. The number of benzene rings is 2. The van der Waals surface area contributed by atoms with Crippen LogP contribution in [0.3, 0.4) is 0 Å². The molecule has 0 amide bonds. The van der Waals surface area contributed by atoms with E-state index >= 15 is 0 Å². The topological polar surface area (TPSA) is 131 Å². The van der Waals surface area contributed by atoms with Crippen LogP contribution < -0.4 is 5.43 Å². The molecule has 0 spiro atoms. The molecule has 0 aliphatic rings. The predicted molar refractivity (Wildman–Crippen MR) is 111 cm³/mol. The second-order valence-corrected chi connectivity index (χ2v) is 7.29. The van der Waals surface area contributed by atoms with E-state index in [-0.39, 0.29) is 23.1 Å². The Morgan fingerprint density at radius 3 is 2.28 bits per heavy atom. The third-order valence-electron chi connectivity index (χ3n) is 5.09. The van der Waals surface area contributed by atoms with Crippen molar-refractivity contribution in [3.63, 3.8) is 0 Å². The number of aliphatic carboxylic acids is 2. The monoisotopic (exact) mass is 439 g/mol. The minimum Gasteiger partial charge on any atom is -0.481 e. The number of carbonyl (C=O) groups excluding carboxylic acids is 2. The number of ketones is 2. The van der Waals surface area contributed by atoms with Crippen LogP contribution in [0.15, 0.2) is 53.5 Å². The minimum absolute atomic E-state index is 0.0154. The van der Waals surface area contributed by atoms with Gasteiger partial charge in [-0.2, -0.15) is 0 Å². The fourth-order valence-electron chi connectivity index (χ4n) is 3.28. The van der Waals surface area contributed by atoms with Crippen LogP contribution in [0, 0.1) is 5.82 Å². The highest BCUT2D eigenvalue weighted by molar-refractivity contribution is 6.37. The van der Waals surface area contributed by atoms with E-state index in [1.807, 2.05) is 0 Å². The molecule has 1 atom stereocenters. The molecule has 1 heterocycles. The first-order chi connectivity index (χ1) is 15.1. The van der Waals surface area contributed by atoms with Crippen molar-refractivity contribution in [2.24, 2.45) is 0 Å². The van der Waals surface area contributed by atoms with Crippen molar-refractivity contribution >= 4 is 34.4 Å². The average molecular weight is 439 g/mol. The molecule has 2 N–H and O–H groups in total. The molecule has 0 fully saturated rings. The normalized spacial score (nSPS) is 11.8. The first kappa shape index (κ1) is 22.5. The van der Waals surface area contributed by atoms with Gasteiger partial charge in [0.15, 0.2) is 11.2 Å². The fraction of sp³-hybridized carbons (Fsp3) is 0.174. The third kappa shape index (κ3) is 4.61. The number of Topliss-reactive ketones (excluding diaryl/α,β-unsaturated/α-hetero) is 2. The van der Waals surface area contributed by atoms with Crippen molar-refractivity contribution in [2.75, 3.05) is 0 Å². The van der Waals surface area contributed by atoms with Crippen LogP contribution in [-0.4, -0.2) is 38.3 Å². The molecule has 9 heteroatoms. The molecule has 1 aromatic heterocycles. The summed E-state index contributed by atoms with van der Waals surface area (Å²) in [5.74, 6) is -6.57. The van der Waals surface area contributed by atoms with Gasteiger partial charge in [0, 0.05) is 29.3 Å². The highest BCUT2D eigenvalue weighted by atomic mass is 19.1. The van der Waals surface area contributed by atoms with Crippen LogP contribution in [0.4, 0.5) is 4.39 Å². The Morgan fingerprint density at radius 1 is 1.03 bits per heavy atom. The summed E-state index contributed by atoms with van der Waals surface area (Å²) in [4.78, 5) is 59.0. The van der Waals surface area contributed by atoms with E-state index in [1.54, 1.807) is 16.7 Å². The van der Waals surface area contributed by atoms with Gasteiger partial charge in [-0.15, -0.1) is 0 Å². The Bertz CT molecular complexity index is 1310. The summed E-state index contributed by atoms with van der Waals surface area (Å²) in [6, 6.07) is 9.71. The molecule has 0 radical (unpaired) electrons. The van der Waals surface area contributed by atoms with Gasteiger partial charge in [-0.3, -0.25) is 19.2 Å². The lowest BCUT2D eigenvalue weighted by atomic mass is 9.98. The summed E-state index contributed by atoms with van der Waals surface area (Å²) >= 11 is 0. The molecule has 0 aliphatic carbocycles. The molecular formula is C23H18FNO7. The van der Waals surface area contributed by atoms with E-state index in [9.17, 15) is 33.5 Å². The molecule has 3 rings (SSSR count). The lowest BCUT2D eigenvalue weighted by molar-refractivity contribution is -0.148. The van der Waals surface area contributed by atoms with Crippen molar-refractivity contribution in [3.8, 4) is 0 Å². The number of carboxylic acids is 2. The highest BCUT2D eigenvalue weighted by Gasteiger charge is 2.22. The zero-order valence-corrected chi connectivity index (χ0v) is 16.9. The van der Waals surface area contributed by atoms with Crippen LogP contribution in [-0.2, 0) is 20.9 Å². The lowest BCUT2D eigenvalue weighted by Gasteiger charge is -2.16. The number of pyridine rings is 1. The predicted octanol–water partition coefficient (Wildman–Crippen LogP) is 2.60. The Balaban J connectivity index is 2.16. The number of aromatic nitrogens is 1. The number of nitrogens with zero attached hydrogens (tertiary/aromatic N) is 1. The largest absolute Gasteiger partial charge is 0.481 e. The molecule has 0 saturated carbocycles. The smallest absolute Gasteiger partial charge is 0.372 e. The molecule has 164 valence electrons. The van der Waals surface area contributed by atoms with E-state index in [2.05, 4.69) is 0 Å². The maximum absolute atomic E-state index is 13.2. The van der Waals surface area contributed by atoms with Crippen molar-refractivity contribution in [1.29, 1.82) is 0 Å². The van der Waals surface area contributed by atoms with Gasteiger partial charge in [-0.05, 0) is 42.8 Å². The zero-order chi connectivity index (χ0) is 23.6. The first-order valence-electron chi connectivity index (χ1n) is 9.52. The Hall–Kier alpha value is -4.14. The number of carboxylic acid groups (broad SMARTS) is 2. The fourth-order valence-corrected chi connectivity index (χ4v) is 3.28. The number of halogens is 1. The van der Waals surface area contributed by atoms with Crippen LogP contribution in [0.2, 0.25) is 0 Å². The quantitative estimate of drug-likeness (QED) is 0.313. The van der Waals surface area contributed by atoms with Crippen LogP contribution in [0.5, 0.6) is 0 Å². The minimum atomic E-state index is -1.74. The van der Waals surface area contributed by atoms with Gasteiger partial charge < -0.3 is 14.8 Å². The van der Waals surface area contributed by atoms with Gasteiger partial charge >= 0.3 is 11.9 Å². The Morgan fingerprint density at radius 2 is 1.69 bits per heavy atom. The lowest BCUT2D eigenvalue weighted by Crippen LogP contribution is -2.22. The van der Waals surface area contributed by atoms with E-state index in [1.165, 1.54) is 43.5 Å². The van der Waals surface area contributed by atoms with E-state index in [4.69, 9.17) is 5.11 Å². The molecule has 8 nitrogen and oxygen atoms in total. The van der Waals surface area contributed by atoms with Gasteiger partial charge in [-0.1, -0.05) is 12.1 Å². The van der Waals surface area contributed by atoms with Gasteiger partial charge in [0.05, 0.1) is 17.9 Å². The zero-order valence-electron chi connectivity index (χ0n) is 16.9. The molecule has 0 aliphatic heterocycles. The van der Waals surface area contributed by atoms with E-state index < -0.39 is 47.1 Å². The summed E-state index contributed by atoms with van der Waals surface area (Å²) < 4.78 is 14.9. The Kier molecular flexibility index (Phi) is 6.29. The number of hydrogen-bond acceptors (Lipinski definition) is 5. The van der Waals surface area contributed by atoms with E-state index in [0.717, 1.165) is 0 Å². The molecule has 1 unspecified atom stereocenters. The van der Waals surface area contributed by atoms with Gasteiger partial charge in [-0.25, -0.2) is 9.18 Å². The maximum atomic E-state index is 13.2. The first-order valence-corrected chi connectivity index (χ1v) is 9.52. The van der Waals surface area contributed by atoms with Crippen molar-refractivity contribution in [1.82, 2.24) is 4.57 Å². The summed E-state index contributed by atoms with van der Waals surface area (Å²) in [6.07, 6.45) is 0.554. The number of rotatable bonds is 8. The molecule has 0 saturated heterocycles. The van der Waals surface area contributed by atoms with Crippen molar-refractivity contribution in [3.05, 3.63) is 81.4 Å². The van der Waals surface area contributed by atoms with Crippen LogP contribution in [0.25, 0.3) is 10.9 Å². The van der Waals surface area contributed by atoms with Crippen LogP contribution in [0.1, 0.15) is 40.7 Å². The summed E-state index contributed by atoms with van der Waals surface area (Å²) in [5.41, 5.74) is 0.430. The molecule has 32 heavy (non-hydrogen) atoms. The van der Waals surface area contributed by atoms with Gasteiger partial charge in [0.2, 0.25) is 5.78 Å². The summed E-state index contributed by atoms with van der Waals surface area (Å²) in [7, 11) is 0.